The lowest BCUT2D eigenvalue weighted by atomic mass is 10.1. The third kappa shape index (κ3) is 3.79. The van der Waals surface area contributed by atoms with Gasteiger partial charge in [0, 0.05) is 32.7 Å². The van der Waals surface area contributed by atoms with Gasteiger partial charge in [-0.3, -0.25) is 4.90 Å². The highest BCUT2D eigenvalue weighted by Crippen LogP contribution is 2.31. The average molecular weight is 340 g/mol. The Morgan fingerprint density at radius 1 is 0.960 bits per heavy atom. The quantitative estimate of drug-likeness (QED) is 0.924. The highest BCUT2D eigenvalue weighted by Gasteiger charge is 2.17. The zero-order valence-electron chi connectivity index (χ0n) is 14.4. The number of anilines is 2. The van der Waals surface area contributed by atoms with Crippen molar-refractivity contribution in [3.63, 3.8) is 0 Å². The van der Waals surface area contributed by atoms with Crippen LogP contribution in [0.15, 0.2) is 36.5 Å². The fraction of sp³-hybridized carbons (Fsp3) is 0.421. The first-order valence-electron chi connectivity index (χ1n) is 8.85. The minimum atomic E-state index is 0.629. The lowest BCUT2D eigenvalue weighted by Crippen LogP contribution is -2.31. The molecule has 0 bridgehead atoms. The van der Waals surface area contributed by atoms with Crippen LogP contribution in [0.5, 0.6) is 11.5 Å². The summed E-state index contributed by atoms with van der Waals surface area (Å²) in [4.78, 5) is 9.28. The summed E-state index contributed by atoms with van der Waals surface area (Å²) in [5, 5.41) is 0. The molecule has 25 heavy (non-hydrogen) atoms. The molecule has 1 aromatic heterocycles. The third-order valence-corrected chi connectivity index (χ3v) is 4.70. The third-order valence-electron chi connectivity index (χ3n) is 4.70. The van der Waals surface area contributed by atoms with Crippen LogP contribution in [0.3, 0.4) is 0 Å². The van der Waals surface area contributed by atoms with Crippen LogP contribution in [0.4, 0.5) is 11.5 Å². The van der Waals surface area contributed by atoms with Gasteiger partial charge in [0.25, 0.3) is 0 Å². The number of nitrogens with two attached hydrogens (primary N) is 1. The van der Waals surface area contributed by atoms with Crippen LogP contribution in [-0.4, -0.2) is 49.3 Å². The molecule has 4 rings (SSSR count). The lowest BCUT2D eigenvalue weighted by molar-refractivity contribution is 0.171. The number of rotatable bonds is 3. The van der Waals surface area contributed by atoms with Crippen LogP contribution in [0.1, 0.15) is 12.0 Å². The van der Waals surface area contributed by atoms with Gasteiger partial charge in [-0.1, -0.05) is 6.07 Å². The normalized spacial score (nSPS) is 18.0. The van der Waals surface area contributed by atoms with E-state index in [0.717, 1.165) is 56.5 Å². The minimum Gasteiger partial charge on any atom is -0.486 e. The largest absolute Gasteiger partial charge is 0.486 e. The monoisotopic (exact) mass is 340 g/mol. The summed E-state index contributed by atoms with van der Waals surface area (Å²) < 4.78 is 11.3. The Morgan fingerprint density at radius 3 is 2.68 bits per heavy atom. The summed E-state index contributed by atoms with van der Waals surface area (Å²) in [6.45, 7) is 6.29. The summed E-state index contributed by atoms with van der Waals surface area (Å²) in [5.74, 6) is 2.73. The Labute approximate surface area is 148 Å². The second kappa shape index (κ2) is 7.19. The maximum atomic E-state index is 5.74. The van der Waals surface area contributed by atoms with Gasteiger partial charge in [0.05, 0.1) is 11.9 Å². The van der Waals surface area contributed by atoms with Gasteiger partial charge in [0.15, 0.2) is 11.5 Å². The van der Waals surface area contributed by atoms with E-state index in [1.165, 1.54) is 5.56 Å². The lowest BCUT2D eigenvalue weighted by Gasteiger charge is -2.23. The molecule has 6 heteroatoms. The van der Waals surface area contributed by atoms with Crippen LogP contribution < -0.4 is 20.1 Å². The SMILES string of the molecule is Nc1ccc(N2CCCN(Cc3ccc4c(c3)OCCO4)CC2)nc1. The topological polar surface area (TPSA) is 63.9 Å². The molecule has 0 atom stereocenters. The maximum absolute atomic E-state index is 5.74. The molecular weight excluding hydrogens is 316 g/mol. The van der Waals surface area contributed by atoms with Gasteiger partial charge >= 0.3 is 0 Å². The van der Waals surface area contributed by atoms with Crippen molar-refractivity contribution in [2.45, 2.75) is 13.0 Å². The smallest absolute Gasteiger partial charge is 0.161 e. The summed E-state index contributed by atoms with van der Waals surface area (Å²) in [7, 11) is 0. The van der Waals surface area contributed by atoms with E-state index in [4.69, 9.17) is 15.2 Å². The predicted octanol–water partition coefficient (Wildman–Crippen LogP) is 2.15. The zero-order valence-corrected chi connectivity index (χ0v) is 14.4. The van der Waals surface area contributed by atoms with E-state index < -0.39 is 0 Å². The number of aromatic nitrogens is 1. The molecule has 0 spiro atoms. The van der Waals surface area contributed by atoms with Crippen molar-refractivity contribution in [3.8, 4) is 11.5 Å². The summed E-state index contributed by atoms with van der Waals surface area (Å²) in [5.41, 5.74) is 7.71. The highest BCUT2D eigenvalue weighted by atomic mass is 16.6. The van der Waals surface area contributed by atoms with Crippen molar-refractivity contribution >= 4 is 11.5 Å². The summed E-state index contributed by atoms with van der Waals surface area (Å²) >= 11 is 0. The highest BCUT2D eigenvalue weighted by molar-refractivity contribution is 5.46. The van der Waals surface area contributed by atoms with Crippen molar-refractivity contribution in [2.24, 2.45) is 0 Å². The van der Waals surface area contributed by atoms with E-state index in [9.17, 15) is 0 Å². The van der Waals surface area contributed by atoms with E-state index >= 15 is 0 Å². The summed E-state index contributed by atoms with van der Waals surface area (Å²) in [6, 6.07) is 10.2. The number of benzene rings is 1. The number of ether oxygens (including phenoxy) is 2. The first kappa shape index (κ1) is 16.0. The van der Waals surface area contributed by atoms with Gasteiger partial charge in [-0.2, -0.15) is 0 Å². The zero-order chi connectivity index (χ0) is 17.1. The molecule has 3 heterocycles. The molecule has 1 aromatic carbocycles. The van der Waals surface area contributed by atoms with E-state index in [2.05, 4.69) is 26.9 Å². The molecule has 0 saturated carbocycles. The molecule has 2 aromatic rings. The van der Waals surface area contributed by atoms with Gasteiger partial charge < -0.3 is 20.1 Å². The Balaban J connectivity index is 1.38. The molecule has 0 unspecified atom stereocenters. The van der Waals surface area contributed by atoms with Crippen molar-refractivity contribution in [1.29, 1.82) is 0 Å². The van der Waals surface area contributed by atoms with Crippen LogP contribution in [0, 0.1) is 0 Å². The molecule has 0 aliphatic carbocycles. The van der Waals surface area contributed by atoms with Gasteiger partial charge in [0.2, 0.25) is 0 Å². The molecule has 6 nitrogen and oxygen atoms in total. The van der Waals surface area contributed by atoms with Gasteiger partial charge in [-0.25, -0.2) is 4.98 Å². The number of pyridine rings is 1. The molecule has 0 radical (unpaired) electrons. The van der Waals surface area contributed by atoms with Crippen LogP contribution in [0.25, 0.3) is 0 Å². The van der Waals surface area contributed by atoms with E-state index in [1.54, 1.807) is 6.20 Å². The van der Waals surface area contributed by atoms with Crippen LogP contribution in [0.2, 0.25) is 0 Å². The number of fused-ring (bicyclic) bond motifs is 1. The number of nitrogens with zero attached hydrogens (tertiary/aromatic N) is 3. The molecule has 2 N–H and O–H groups in total. The minimum absolute atomic E-state index is 0.629. The van der Waals surface area contributed by atoms with Crippen molar-refractivity contribution < 1.29 is 9.47 Å². The van der Waals surface area contributed by atoms with Crippen LogP contribution in [-0.2, 0) is 6.54 Å². The predicted molar refractivity (Wildman–Crippen MR) is 98.2 cm³/mol. The molecule has 0 amide bonds. The second-order valence-electron chi connectivity index (χ2n) is 6.54. The fourth-order valence-corrected chi connectivity index (χ4v) is 3.39. The van der Waals surface area contributed by atoms with E-state index in [0.29, 0.717) is 18.9 Å². The Morgan fingerprint density at radius 2 is 1.84 bits per heavy atom. The number of hydrogen-bond acceptors (Lipinski definition) is 6. The van der Waals surface area contributed by atoms with E-state index in [1.807, 2.05) is 18.2 Å². The fourth-order valence-electron chi connectivity index (χ4n) is 3.39. The van der Waals surface area contributed by atoms with Gasteiger partial charge in [0.1, 0.15) is 19.0 Å². The molecule has 132 valence electrons. The van der Waals surface area contributed by atoms with E-state index in [-0.39, 0.29) is 0 Å². The molecular formula is C19H24N4O2. The standard InChI is InChI=1S/C19H24N4O2/c20-16-3-5-19(21-13-16)23-7-1-6-22(8-9-23)14-15-2-4-17-18(12-15)25-11-10-24-17/h2-5,12-13H,1,6-11,14,20H2. The van der Waals surface area contributed by atoms with Crippen LogP contribution >= 0.6 is 0 Å². The second-order valence-corrected chi connectivity index (χ2v) is 6.54. The first-order chi connectivity index (χ1) is 12.3. The number of hydrogen-bond donors (Lipinski definition) is 1. The Bertz CT molecular complexity index is 720. The van der Waals surface area contributed by atoms with Crippen molar-refractivity contribution in [1.82, 2.24) is 9.88 Å². The van der Waals surface area contributed by atoms with Gasteiger partial charge in [-0.15, -0.1) is 0 Å². The summed E-state index contributed by atoms with van der Waals surface area (Å²) in [6.07, 6.45) is 2.85. The molecule has 1 saturated heterocycles. The van der Waals surface area contributed by atoms with Crippen molar-refractivity contribution in [2.75, 3.05) is 50.0 Å². The maximum Gasteiger partial charge on any atom is 0.161 e. The molecule has 2 aliphatic heterocycles. The Kier molecular flexibility index (Phi) is 4.61. The molecule has 2 aliphatic rings. The molecule has 1 fully saturated rings. The average Bonchev–Trinajstić information content (AvgIpc) is 2.88. The Hall–Kier alpha value is -2.47. The van der Waals surface area contributed by atoms with Crippen molar-refractivity contribution in [3.05, 3.63) is 42.1 Å². The van der Waals surface area contributed by atoms with Gasteiger partial charge in [-0.05, 0) is 36.2 Å². The first-order valence-corrected chi connectivity index (χ1v) is 8.85. The number of nitrogen functional groups attached to an aromatic ring is 1.